The number of hydroxylamine groups is 1. The third kappa shape index (κ3) is 3.35. The highest BCUT2D eigenvalue weighted by Gasteiger charge is 2.16. The van der Waals surface area contributed by atoms with Gasteiger partial charge in [0, 0.05) is 12.0 Å². The Morgan fingerprint density at radius 1 is 1.17 bits per heavy atom. The minimum Gasteiger partial charge on any atom is -0.454 e. The number of carbonyl (C=O) groups is 1. The van der Waals surface area contributed by atoms with Gasteiger partial charge in [0.05, 0.1) is 0 Å². The molecule has 1 atom stereocenters. The Kier molecular flexibility index (Phi) is 4.30. The van der Waals surface area contributed by atoms with Crippen molar-refractivity contribution in [3.63, 3.8) is 0 Å². The quantitative estimate of drug-likeness (QED) is 0.517. The second kappa shape index (κ2) is 6.54. The molecular weight excluding hydrogens is 294 g/mol. The third-order valence-corrected chi connectivity index (χ3v) is 3.84. The van der Waals surface area contributed by atoms with Crippen molar-refractivity contribution in [3.8, 4) is 11.5 Å². The Hall–Kier alpha value is -2.79. The molecule has 3 rings (SSSR count). The van der Waals surface area contributed by atoms with E-state index < -0.39 is 5.91 Å². The molecule has 1 aliphatic heterocycles. The summed E-state index contributed by atoms with van der Waals surface area (Å²) in [4.78, 5) is 11.1. The second-order valence-electron chi connectivity index (χ2n) is 5.31. The van der Waals surface area contributed by atoms with Gasteiger partial charge < -0.3 is 9.47 Å². The van der Waals surface area contributed by atoms with E-state index in [-0.39, 0.29) is 12.7 Å². The number of amides is 1. The molecule has 23 heavy (non-hydrogen) atoms. The number of nitrogens with one attached hydrogen (secondary N) is 1. The zero-order chi connectivity index (χ0) is 16.2. The van der Waals surface area contributed by atoms with Gasteiger partial charge in [0.2, 0.25) is 6.79 Å². The van der Waals surface area contributed by atoms with Crippen molar-refractivity contribution in [1.29, 1.82) is 0 Å². The largest absolute Gasteiger partial charge is 0.454 e. The molecule has 0 saturated carbocycles. The van der Waals surface area contributed by atoms with Gasteiger partial charge in [-0.05, 0) is 34.9 Å². The van der Waals surface area contributed by atoms with Gasteiger partial charge in [-0.2, -0.15) is 0 Å². The molecule has 0 saturated heterocycles. The van der Waals surface area contributed by atoms with Crippen molar-refractivity contribution in [1.82, 2.24) is 5.48 Å². The SMILES string of the molecule is CC(c1cccc(/C=C/C(=O)NO)c1)c1ccc2c(c1)OCO2. The number of benzene rings is 2. The average molecular weight is 311 g/mol. The monoisotopic (exact) mass is 311 g/mol. The van der Waals surface area contributed by atoms with Crippen LogP contribution in [0.15, 0.2) is 48.5 Å². The highest BCUT2D eigenvalue weighted by molar-refractivity contribution is 5.90. The highest BCUT2D eigenvalue weighted by atomic mass is 16.7. The van der Waals surface area contributed by atoms with E-state index in [0.717, 1.165) is 28.2 Å². The number of rotatable bonds is 4. The lowest BCUT2D eigenvalue weighted by Crippen LogP contribution is -2.14. The Balaban J connectivity index is 1.83. The number of hydrogen-bond donors (Lipinski definition) is 2. The maximum atomic E-state index is 11.1. The van der Waals surface area contributed by atoms with Gasteiger partial charge in [-0.1, -0.05) is 37.3 Å². The molecule has 0 radical (unpaired) electrons. The first-order valence-electron chi connectivity index (χ1n) is 7.29. The molecule has 1 aliphatic rings. The Bertz CT molecular complexity index is 754. The molecular formula is C18H17NO4. The summed E-state index contributed by atoms with van der Waals surface area (Å²) in [5.41, 5.74) is 4.71. The van der Waals surface area contributed by atoms with E-state index >= 15 is 0 Å². The lowest BCUT2D eigenvalue weighted by molar-refractivity contribution is -0.124. The normalized spacial score (nSPS) is 14.0. The first kappa shape index (κ1) is 15.1. The van der Waals surface area contributed by atoms with E-state index in [1.54, 1.807) is 11.6 Å². The fraction of sp³-hybridized carbons (Fsp3) is 0.167. The topological polar surface area (TPSA) is 67.8 Å². The minimum atomic E-state index is -0.556. The van der Waals surface area contributed by atoms with Gasteiger partial charge in [0.15, 0.2) is 11.5 Å². The number of ether oxygens (including phenoxy) is 2. The lowest BCUT2D eigenvalue weighted by Gasteiger charge is -2.13. The van der Waals surface area contributed by atoms with E-state index in [1.807, 2.05) is 42.5 Å². The van der Waals surface area contributed by atoms with Crippen molar-refractivity contribution in [3.05, 3.63) is 65.2 Å². The van der Waals surface area contributed by atoms with Gasteiger partial charge in [0.1, 0.15) is 0 Å². The summed E-state index contributed by atoms with van der Waals surface area (Å²) < 4.78 is 10.8. The molecule has 2 aromatic carbocycles. The molecule has 0 bridgehead atoms. The van der Waals surface area contributed by atoms with Crippen LogP contribution in [-0.4, -0.2) is 17.9 Å². The van der Waals surface area contributed by atoms with Crippen LogP contribution in [0.3, 0.4) is 0 Å². The third-order valence-electron chi connectivity index (χ3n) is 3.84. The number of carbonyl (C=O) groups excluding carboxylic acids is 1. The van der Waals surface area contributed by atoms with Crippen LogP contribution in [0.2, 0.25) is 0 Å². The molecule has 0 spiro atoms. The van der Waals surface area contributed by atoms with E-state index in [9.17, 15) is 4.79 Å². The summed E-state index contributed by atoms with van der Waals surface area (Å²) >= 11 is 0. The van der Waals surface area contributed by atoms with Crippen molar-refractivity contribution < 1.29 is 19.5 Å². The van der Waals surface area contributed by atoms with E-state index in [1.165, 1.54) is 6.08 Å². The zero-order valence-electron chi connectivity index (χ0n) is 12.7. The summed E-state index contributed by atoms with van der Waals surface area (Å²) in [5.74, 6) is 1.15. The number of fused-ring (bicyclic) bond motifs is 1. The van der Waals surface area contributed by atoms with Gasteiger partial charge >= 0.3 is 0 Å². The van der Waals surface area contributed by atoms with Gasteiger partial charge in [-0.3, -0.25) is 10.0 Å². The summed E-state index contributed by atoms with van der Waals surface area (Å²) in [6.07, 6.45) is 2.94. The fourth-order valence-electron chi connectivity index (χ4n) is 2.52. The maximum Gasteiger partial charge on any atom is 0.267 e. The van der Waals surface area contributed by atoms with Crippen molar-refractivity contribution in [2.24, 2.45) is 0 Å². The van der Waals surface area contributed by atoms with Gasteiger partial charge in [-0.15, -0.1) is 0 Å². The van der Waals surface area contributed by atoms with Crippen molar-refractivity contribution in [2.75, 3.05) is 6.79 Å². The Labute approximate surface area is 134 Å². The first-order valence-corrected chi connectivity index (χ1v) is 7.29. The minimum absolute atomic E-state index is 0.171. The first-order chi connectivity index (χ1) is 11.2. The molecule has 2 N–H and O–H groups in total. The van der Waals surface area contributed by atoms with E-state index in [4.69, 9.17) is 14.7 Å². The van der Waals surface area contributed by atoms with Crippen LogP contribution >= 0.6 is 0 Å². The molecule has 5 heteroatoms. The smallest absolute Gasteiger partial charge is 0.267 e. The summed E-state index contributed by atoms with van der Waals surface area (Å²) in [6.45, 7) is 2.38. The molecule has 0 fully saturated rings. The molecule has 2 aromatic rings. The second-order valence-corrected chi connectivity index (χ2v) is 5.31. The highest BCUT2D eigenvalue weighted by Crippen LogP contribution is 2.36. The maximum absolute atomic E-state index is 11.1. The lowest BCUT2D eigenvalue weighted by atomic mass is 9.92. The Morgan fingerprint density at radius 2 is 1.96 bits per heavy atom. The zero-order valence-corrected chi connectivity index (χ0v) is 12.7. The van der Waals surface area contributed by atoms with Crippen LogP contribution in [0.5, 0.6) is 11.5 Å². The van der Waals surface area contributed by atoms with Crippen LogP contribution in [-0.2, 0) is 4.79 Å². The average Bonchev–Trinajstić information content (AvgIpc) is 3.06. The molecule has 118 valence electrons. The van der Waals surface area contributed by atoms with Crippen LogP contribution in [0.25, 0.3) is 6.08 Å². The van der Waals surface area contributed by atoms with Crippen LogP contribution in [0, 0.1) is 0 Å². The van der Waals surface area contributed by atoms with Crippen LogP contribution in [0.1, 0.15) is 29.5 Å². The summed E-state index contributed by atoms with van der Waals surface area (Å²) in [5, 5.41) is 8.51. The van der Waals surface area contributed by atoms with Gasteiger partial charge in [0.25, 0.3) is 5.91 Å². The molecule has 1 heterocycles. The predicted molar refractivity (Wildman–Crippen MR) is 85.5 cm³/mol. The molecule has 1 unspecified atom stereocenters. The summed E-state index contributed by atoms with van der Waals surface area (Å²) in [6, 6.07) is 13.8. The summed E-state index contributed by atoms with van der Waals surface area (Å²) in [7, 11) is 0. The van der Waals surface area contributed by atoms with E-state index in [0.29, 0.717) is 0 Å². The van der Waals surface area contributed by atoms with Crippen LogP contribution < -0.4 is 15.0 Å². The van der Waals surface area contributed by atoms with Crippen molar-refractivity contribution in [2.45, 2.75) is 12.8 Å². The Morgan fingerprint density at radius 3 is 2.78 bits per heavy atom. The molecule has 5 nitrogen and oxygen atoms in total. The van der Waals surface area contributed by atoms with Crippen LogP contribution in [0.4, 0.5) is 0 Å². The predicted octanol–water partition coefficient (Wildman–Crippen LogP) is 3.09. The molecule has 0 aromatic heterocycles. The van der Waals surface area contributed by atoms with Crippen molar-refractivity contribution >= 4 is 12.0 Å². The molecule has 1 amide bonds. The standard InChI is InChI=1S/C18H17NO4/c1-12(15-6-7-16-17(10-15)23-11-22-16)14-4-2-3-13(9-14)5-8-18(20)19-21/h2-10,12,21H,11H2,1H3,(H,19,20)/b8-5+. The molecule has 0 aliphatic carbocycles. The fourth-order valence-corrected chi connectivity index (χ4v) is 2.52. The number of hydrogen-bond acceptors (Lipinski definition) is 4. The van der Waals surface area contributed by atoms with E-state index in [2.05, 4.69) is 6.92 Å². The van der Waals surface area contributed by atoms with Gasteiger partial charge in [-0.25, -0.2) is 5.48 Å².